The van der Waals surface area contributed by atoms with Crippen LogP contribution >= 0.6 is 11.6 Å². The molecule has 1 atom stereocenters. The van der Waals surface area contributed by atoms with Crippen molar-refractivity contribution in [3.05, 3.63) is 76.5 Å². The number of anilines is 2. The molecule has 1 saturated carbocycles. The molecule has 6 rings (SSSR count). The lowest BCUT2D eigenvalue weighted by Gasteiger charge is -2.24. The molecule has 1 saturated heterocycles. The van der Waals surface area contributed by atoms with Crippen molar-refractivity contribution in [1.29, 1.82) is 5.26 Å². The molecule has 2 aliphatic rings. The first kappa shape index (κ1) is 23.4. The van der Waals surface area contributed by atoms with E-state index in [0.717, 1.165) is 38.8 Å². The van der Waals surface area contributed by atoms with E-state index in [2.05, 4.69) is 37.1 Å². The van der Waals surface area contributed by atoms with Crippen LogP contribution in [0.3, 0.4) is 0 Å². The van der Waals surface area contributed by atoms with Crippen molar-refractivity contribution in [1.82, 2.24) is 25.0 Å². The average molecular weight is 532 g/mol. The summed E-state index contributed by atoms with van der Waals surface area (Å²) in [6, 6.07) is 10.3. The molecule has 0 radical (unpaired) electrons. The van der Waals surface area contributed by atoms with Gasteiger partial charge in [0.2, 0.25) is 0 Å². The number of aromatic nitrogens is 4. The summed E-state index contributed by atoms with van der Waals surface area (Å²) in [6.45, 7) is 1.74. The van der Waals surface area contributed by atoms with Crippen molar-refractivity contribution in [2.45, 2.75) is 50.6 Å². The summed E-state index contributed by atoms with van der Waals surface area (Å²) in [5.74, 6) is -0.393. The van der Waals surface area contributed by atoms with Crippen LogP contribution in [0.25, 0.3) is 10.9 Å². The van der Waals surface area contributed by atoms with Gasteiger partial charge in [-0.05, 0) is 55.5 Å². The molecule has 2 aromatic carbocycles. The molecule has 194 valence electrons. The van der Waals surface area contributed by atoms with E-state index >= 15 is 0 Å². The standard InChI is InChI=1S/C28H28ClFN8/c29-24-14-21(13-23-26(19(15-31)16-32-28(23)24)35-37-11-3-1-2-4-12-37)33-27(18-5-7-20(30)8-6-18)25-17-38(36-34-25)22-9-10-22/h5-8,13-14,16-17,22,27,33H,1-4,9-12H2,(H,32,35)/i27D. The molecule has 2 N–H and O–H groups in total. The molecular formula is C28H28ClFN8. The zero-order chi connectivity index (χ0) is 27.0. The molecule has 38 heavy (non-hydrogen) atoms. The number of hydrogen-bond acceptors (Lipinski definition) is 7. The van der Waals surface area contributed by atoms with Crippen LogP contribution in [0.15, 0.2) is 48.8 Å². The summed E-state index contributed by atoms with van der Waals surface area (Å²) in [7, 11) is 0. The summed E-state index contributed by atoms with van der Waals surface area (Å²) in [5, 5.41) is 24.9. The maximum atomic E-state index is 13.8. The second-order valence-corrected chi connectivity index (χ2v) is 10.3. The van der Waals surface area contributed by atoms with Gasteiger partial charge < -0.3 is 10.7 Å². The Hall–Kier alpha value is -3.74. The number of nitrogens with zero attached hydrogens (tertiary/aromatic N) is 6. The first-order chi connectivity index (χ1) is 18.9. The van der Waals surface area contributed by atoms with Crippen LogP contribution in [-0.2, 0) is 0 Å². The van der Waals surface area contributed by atoms with E-state index < -0.39 is 11.8 Å². The minimum atomic E-state index is -1.59. The first-order valence-corrected chi connectivity index (χ1v) is 13.3. The molecule has 1 aliphatic carbocycles. The van der Waals surface area contributed by atoms with Gasteiger partial charge in [-0.15, -0.1) is 5.10 Å². The predicted octanol–water partition coefficient (Wildman–Crippen LogP) is 6.23. The molecule has 8 nitrogen and oxygen atoms in total. The Labute approximate surface area is 226 Å². The third-order valence-corrected chi connectivity index (χ3v) is 7.30. The Morgan fingerprint density at radius 1 is 1.13 bits per heavy atom. The molecule has 0 amide bonds. The van der Waals surface area contributed by atoms with E-state index in [0.29, 0.717) is 50.2 Å². The van der Waals surface area contributed by atoms with Crippen LogP contribution < -0.4 is 10.7 Å². The zero-order valence-corrected chi connectivity index (χ0v) is 21.5. The highest BCUT2D eigenvalue weighted by molar-refractivity contribution is 6.35. The molecule has 1 unspecified atom stereocenters. The van der Waals surface area contributed by atoms with Crippen molar-refractivity contribution >= 4 is 33.9 Å². The normalized spacial score (nSPS) is 18.3. The van der Waals surface area contributed by atoms with Gasteiger partial charge in [0.25, 0.3) is 0 Å². The summed E-state index contributed by atoms with van der Waals surface area (Å²) < 4.78 is 25.1. The fourth-order valence-electron chi connectivity index (χ4n) is 4.83. The fourth-order valence-corrected chi connectivity index (χ4v) is 5.10. The Balaban J connectivity index is 1.43. The second kappa shape index (κ2) is 10.6. The smallest absolute Gasteiger partial charge is 0.123 e. The molecule has 2 aromatic heterocycles. The summed E-state index contributed by atoms with van der Waals surface area (Å²) in [5.41, 5.74) is 6.46. The Kier molecular flexibility index (Phi) is 6.50. The first-order valence-electron chi connectivity index (χ1n) is 13.4. The summed E-state index contributed by atoms with van der Waals surface area (Å²) >= 11 is 6.72. The molecular weight excluding hydrogens is 503 g/mol. The Morgan fingerprint density at radius 3 is 2.61 bits per heavy atom. The van der Waals surface area contributed by atoms with Gasteiger partial charge in [0.15, 0.2) is 0 Å². The number of nitriles is 1. The van der Waals surface area contributed by atoms with Crippen LogP contribution in [0.5, 0.6) is 0 Å². The van der Waals surface area contributed by atoms with Crippen LogP contribution in [0, 0.1) is 17.1 Å². The largest absolute Gasteiger partial charge is 0.373 e. The van der Waals surface area contributed by atoms with E-state index in [4.69, 9.17) is 11.6 Å². The number of pyridine rings is 1. The molecule has 4 aromatic rings. The van der Waals surface area contributed by atoms with Gasteiger partial charge in [-0.3, -0.25) is 4.98 Å². The number of benzene rings is 2. The van der Waals surface area contributed by atoms with Gasteiger partial charge in [0, 0.05) is 30.4 Å². The lowest BCUT2D eigenvalue weighted by molar-refractivity contribution is 0.344. The highest BCUT2D eigenvalue weighted by Gasteiger charge is 2.27. The van der Waals surface area contributed by atoms with Gasteiger partial charge in [0.1, 0.15) is 17.6 Å². The lowest BCUT2D eigenvalue weighted by Crippen LogP contribution is -2.31. The zero-order valence-electron chi connectivity index (χ0n) is 21.8. The van der Waals surface area contributed by atoms with Gasteiger partial charge in [-0.1, -0.05) is 41.8 Å². The number of rotatable bonds is 7. The number of nitrogens with one attached hydrogen (secondary N) is 2. The van der Waals surface area contributed by atoms with Gasteiger partial charge >= 0.3 is 0 Å². The number of halogens is 2. The molecule has 2 fully saturated rings. The Morgan fingerprint density at radius 2 is 1.89 bits per heavy atom. The number of fused-ring (bicyclic) bond motifs is 1. The highest BCUT2D eigenvalue weighted by Crippen LogP contribution is 2.37. The third-order valence-electron chi connectivity index (χ3n) is 7.01. The van der Waals surface area contributed by atoms with Crippen molar-refractivity contribution in [2.24, 2.45) is 0 Å². The molecule has 10 heteroatoms. The van der Waals surface area contributed by atoms with Crippen LogP contribution in [0.4, 0.5) is 15.8 Å². The molecule has 1 aliphatic heterocycles. The SMILES string of the molecule is [2H]C(Nc1cc(Cl)c2ncc(C#N)c(NN3CCCCCC3)c2c1)(c1ccc(F)cc1)c1cn(C2CC2)nn1. The van der Waals surface area contributed by atoms with Crippen molar-refractivity contribution in [2.75, 3.05) is 23.8 Å². The topological polar surface area (TPSA) is 94.7 Å². The molecule has 3 heterocycles. The fraction of sp³-hybridized carbons (Fsp3) is 0.357. The van der Waals surface area contributed by atoms with Gasteiger partial charge in [0.05, 0.1) is 41.4 Å². The quantitative estimate of drug-likeness (QED) is 0.292. The molecule has 0 bridgehead atoms. The van der Waals surface area contributed by atoms with Crippen molar-refractivity contribution in [3.8, 4) is 6.07 Å². The summed E-state index contributed by atoms with van der Waals surface area (Å²) in [4.78, 5) is 4.46. The molecule has 0 spiro atoms. The van der Waals surface area contributed by atoms with E-state index in [-0.39, 0.29) is 0 Å². The maximum absolute atomic E-state index is 13.8. The highest BCUT2D eigenvalue weighted by atomic mass is 35.5. The number of hydrogen-bond donors (Lipinski definition) is 2. The lowest BCUT2D eigenvalue weighted by atomic mass is 10.0. The summed E-state index contributed by atoms with van der Waals surface area (Å²) in [6.07, 6.45) is 9.87. The van der Waals surface area contributed by atoms with Crippen molar-refractivity contribution < 1.29 is 5.76 Å². The average Bonchev–Trinajstić information content (AvgIpc) is 3.71. The van der Waals surface area contributed by atoms with Crippen LogP contribution in [-0.4, -0.2) is 38.1 Å². The maximum Gasteiger partial charge on any atom is 0.123 e. The van der Waals surface area contributed by atoms with E-state index in [1.165, 1.54) is 31.2 Å². The van der Waals surface area contributed by atoms with Crippen LogP contribution in [0.2, 0.25) is 5.02 Å². The van der Waals surface area contributed by atoms with Gasteiger partial charge in [-0.2, -0.15) is 5.26 Å². The van der Waals surface area contributed by atoms with Crippen molar-refractivity contribution in [3.63, 3.8) is 0 Å². The minimum Gasteiger partial charge on any atom is -0.373 e. The van der Waals surface area contributed by atoms with E-state index in [9.17, 15) is 11.0 Å². The van der Waals surface area contributed by atoms with Crippen LogP contribution in [0.1, 0.15) is 68.8 Å². The predicted molar refractivity (Wildman–Crippen MR) is 145 cm³/mol. The second-order valence-electron chi connectivity index (χ2n) is 9.85. The Bertz CT molecular complexity index is 1540. The third kappa shape index (κ3) is 5.15. The minimum absolute atomic E-state index is 0.293. The number of hydrazine groups is 1. The van der Waals surface area contributed by atoms with E-state index in [1.54, 1.807) is 29.1 Å². The monoisotopic (exact) mass is 531 g/mol. The van der Waals surface area contributed by atoms with Gasteiger partial charge in [-0.25, -0.2) is 14.1 Å². The van der Waals surface area contributed by atoms with E-state index in [1.807, 2.05) is 6.07 Å².